The van der Waals surface area contributed by atoms with E-state index in [0.29, 0.717) is 19.4 Å². The molecule has 2 N–H and O–H groups in total. The van der Waals surface area contributed by atoms with E-state index in [2.05, 4.69) is 5.32 Å². The van der Waals surface area contributed by atoms with Crippen LogP contribution in [0.2, 0.25) is 5.02 Å². The SMILES string of the molecule is CCC(CC)(CO)CNc1cc(F)c(Cl)cc1[N+](=O)[O-]. The number of nitrogens with zero attached hydrogens (tertiary/aromatic N) is 1. The van der Waals surface area contributed by atoms with Crippen LogP contribution >= 0.6 is 11.6 Å². The van der Waals surface area contributed by atoms with Crippen LogP contribution in [0.1, 0.15) is 26.7 Å². The third kappa shape index (κ3) is 3.58. The van der Waals surface area contributed by atoms with Gasteiger partial charge >= 0.3 is 0 Å². The molecule has 20 heavy (non-hydrogen) atoms. The first-order valence-electron chi connectivity index (χ1n) is 6.37. The number of anilines is 1. The van der Waals surface area contributed by atoms with E-state index in [9.17, 15) is 19.6 Å². The molecule has 0 aliphatic heterocycles. The van der Waals surface area contributed by atoms with Crippen molar-refractivity contribution in [2.24, 2.45) is 5.41 Å². The summed E-state index contributed by atoms with van der Waals surface area (Å²) in [7, 11) is 0. The zero-order valence-corrected chi connectivity index (χ0v) is 12.2. The van der Waals surface area contributed by atoms with Crippen molar-refractivity contribution >= 4 is 23.0 Å². The van der Waals surface area contributed by atoms with E-state index >= 15 is 0 Å². The zero-order valence-electron chi connectivity index (χ0n) is 11.4. The molecule has 0 spiro atoms. The van der Waals surface area contributed by atoms with Crippen molar-refractivity contribution in [1.29, 1.82) is 0 Å². The molecule has 0 amide bonds. The van der Waals surface area contributed by atoms with Gasteiger partial charge < -0.3 is 10.4 Å². The third-order valence-corrected chi connectivity index (χ3v) is 4.01. The Balaban J connectivity index is 3.03. The Bertz CT molecular complexity index is 484. The summed E-state index contributed by atoms with van der Waals surface area (Å²) in [6, 6.07) is 1.99. The predicted octanol–water partition coefficient (Wildman–Crippen LogP) is 3.60. The topological polar surface area (TPSA) is 75.4 Å². The van der Waals surface area contributed by atoms with E-state index in [1.807, 2.05) is 13.8 Å². The van der Waals surface area contributed by atoms with E-state index < -0.39 is 10.7 Å². The number of aliphatic hydroxyl groups excluding tert-OH is 1. The number of benzene rings is 1. The lowest BCUT2D eigenvalue weighted by molar-refractivity contribution is -0.384. The standard InChI is InChI=1S/C13H18ClFN2O3/c1-3-13(4-2,8-18)7-16-11-6-10(15)9(14)5-12(11)17(19)20/h5-6,16,18H,3-4,7-8H2,1-2H3. The maximum Gasteiger partial charge on any atom is 0.294 e. The summed E-state index contributed by atoms with van der Waals surface area (Å²) in [6.45, 7) is 4.13. The normalized spacial score (nSPS) is 11.4. The smallest absolute Gasteiger partial charge is 0.294 e. The number of nitrogens with one attached hydrogen (secondary N) is 1. The van der Waals surface area contributed by atoms with Crippen LogP contribution in [0.15, 0.2) is 12.1 Å². The van der Waals surface area contributed by atoms with Gasteiger partial charge in [-0.05, 0) is 12.8 Å². The molecular formula is C13H18ClFN2O3. The van der Waals surface area contributed by atoms with E-state index in [0.717, 1.165) is 12.1 Å². The van der Waals surface area contributed by atoms with Crippen LogP contribution in [0.4, 0.5) is 15.8 Å². The van der Waals surface area contributed by atoms with Crippen LogP contribution in [-0.4, -0.2) is 23.2 Å². The molecule has 0 saturated carbocycles. The summed E-state index contributed by atoms with van der Waals surface area (Å²) in [4.78, 5) is 10.3. The van der Waals surface area contributed by atoms with Crippen molar-refractivity contribution in [2.75, 3.05) is 18.5 Å². The van der Waals surface area contributed by atoms with Crippen molar-refractivity contribution in [3.8, 4) is 0 Å². The van der Waals surface area contributed by atoms with Crippen LogP contribution in [-0.2, 0) is 0 Å². The highest BCUT2D eigenvalue weighted by Gasteiger charge is 2.26. The van der Waals surface area contributed by atoms with Gasteiger partial charge in [-0.3, -0.25) is 10.1 Å². The second-order valence-electron chi connectivity index (χ2n) is 4.76. The summed E-state index contributed by atoms with van der Waals surface area (Å²) in [5.41, 5.74) is -0.601. The summed E-state index contributed by atoms with van der Waals surface area (Å²) in [6.07, 6.45) is 1.41. The Morgan fingerprint density at radius 1 is 1.45 bits per heavy atom. The predicted molar refractivity (Wildman–Crippen MR) is 76.7 cm³/mol. The van der Waals surface area contributed by atoms with Crippen LogP contribution in [0.3, 0.4) is 0 Å². The first-order valence-corrected chi connectivity index (χ1v) is 6.75. The summed E-state index contributed by atoms with van der Waals surface area (Å²) in [5.74, 6) is -0.720. The molecule has 0 aliphatic rings. The van der Waals surface area contributed by atoms with Gasteiger partial charge in [0.25, 0.3) is 5.69 Å². The molecule has 1 rings (SSSR count). The molecule has 0 fully saturated rings. The van der Waals surface area contributed by atoms with Crippen molar-refractivity contribution in [1.82, 2.24) is 0 Å². The molecule has 5 nitrogen and oxygen atoms in total. The number of aliphatic hydroxyl groups is 1. The minimum absolute atomic E-state index is 0.0448. The van der Waals surface area contributed by atoms with Gasteiger partial charge in [0.1, 0.15) is 11.5 Å². The molecule has 0 radical (unpaired) electrons. The molecule has 0 aromatic heterocycles. The van der Waals surface area contributed by atoms with Crippen LogP contribution in [0.5, 0.6) is 0 Å². The Labute approximate surface area is 121 Å². The zero-order chi connectivity index (χ0) is 15.3. The Hall–Kier alpha value is -1.40. The molecule has 0 aliphatic carbocycles. The van der Waals surface area contributed by atoms with E-state index in [4.69, 9.17) is 11.6 Å². The van der Waals surface area contributed by atoms with Crippen molar-refractivity contribution < 1.29 is 14.4 Å². The molecule has 0 atom stereocenters. The van der Waals surface area contributed by atoms with Crippen LogP contribution in [0, 0.1) is 21.3 Å². The largest absolute Gasteiger partial charge is 0.396 e. The number of rotatable bonds is 7. The van der Waals surface area contributed by atoms with E-state index in [1.54, 1.807) is 0 Å². The van der Waals surface area contributed by atoms with Gasteiger partial charge in [0, 0.05) is 24.1 Å². The molecule has 112 valence electrons. The van der Waals surface area contributed by atoms with Crippen molar-refractivity contribution in [3.63, 3.8) is 0 Å². The number of halogens is 2. The van der Waals surface area contributed by atoms with Gasteiger partial charge in [0.2, 0.25) is 0 Å². The minimum Gasteiger partial charge on any atom is -0.396 e. The number of hydrogen-bond acceptors (Lipinski definition) is 4. The quantitative estimate of drug-likeness (QED) is 0.596. The van der Waals surface area contributed by atoms with Crippen LogP contribution < -0.4 is 5.32 Å². The molecule has 1 aromatic rings. The molecule has 0 bridgehead atoms. The maximum atomic E-state index is 13.4. The summed E-state index contributed by atoms with van der Waals surface area (Å²) >= 11 is 5.55. The third-order valence-electron chi connectivity index (χ3n) is 3.72. The number of nitro benzene ring substituents is 1. The first kappa shape index (κ1) is 16.7. The van der Waals surface area contributed by atoms with Gasteiger partial charge in [-0.1, -0.05) is 25.4 Å². The lowest BCUT2D eigenvalue weighted by Crippen LogP contribution is -2.32. The first-order chi connectivity index (χ1) is 9.39. The molecular weight excluding hydrogens is 287 g/mol. The van der Waals surface area contributed by atoms with E-state index in [-0.39, 0.29) is 28.4 Å². The van der Waals surface area contributed by atoms with Gasteiger partial charge in [-0.25, -0.2) is 4.39 Å². The Morgan fingerprint density at radius 2 is 2.05 bits per heavy atom. The summed E-state index contributed by atoms with van der Waals surface area (Å²) < 4.78 is 13.4. The highest BCUT2D eigenvalue weighted by Crippen LogP contribution is 2.32. The maximum absolute atomic E-state index is 13.4. The molecule has 1 aromatic carbocycles. The van der Waals surface area contributed by atoms with Crippen molar-refractivity contribution in [2.45, 2.75) is 26.7 Å². The average molecular weight is 305 g/mol. The fourth-order valence-electron chi connectivity index (χ4n) is 1.89. The van der Waals surface area contributed by atoms with Gasteiger partial charge in [-0.15, -0.1) is 0 Å². The highest BCUT2D eigenvalue weighted by molar-refractivity contribution is 6.31. The van der Waals surface area contributed by atoms with Gasteiger partial charge in [0.15, 0.2) is 0 Å². The molecule has 0 unspecified atom stereocenters. The number of nitro groups is 1. The number of hydrogen-bond donors (Lipinski definition) is 2. The molecule has 0 saturated heterocycles. The molecule has 7 heteroatoms. The van der Waals surface area contributed by atoms with Gasteiger partial charge in [0.05, 0.1) is 16.6 Å². The second kappa shape index (κ2) is 6.85. The Morgan fingerprint density at radius 3 is 2.50 bits per heavy atom. The Kier molecular flexibility index (Phi) is 5.71. The lowest BCUT2D eigenvalue weighted by atomic mass is 9.83. The van der Waals surface area contributed by atoms with E-state index in [1.165, 1.54) is 0 Å². The summed E-state index contributed by atoms with van der Waals surface area (Å²) in [5, 5.41) is 23.0. The monoisotopic (exact) mass is 304 g/mol. The fourth-order valence-corrected chi connectivity index (χ4v) is 2.05. The van der Waals surface area contributed by atoms with Crippen LogP contribution in [0.25, 0.3) is 0 Å². The lowest BCUT2D eigenvalue weighted by Gasteiger charge is -2.29. The van der Waals surface area contributed by atoms with Gasteiger partial charge in [-0.2, -0.15) is 0 Å². The second-order valence-corrected chi connectivity index (χ2v) is 5.17. The highest BCUT2D eigenvalue weighted by atomic mass is 35.5. The fraction of sp³-hybridized carbons (Fsp3) is 0.538. The minimum atomic E-state index is -0.720. The van der Waals surface area contributed by atoms with Crippen molar-refractivity contribution in [3.05, 3.63) is 33.1 Å². The molecule has 0 heterocycles. The average Bonchev–Trinajstić information content (AvgIpc) is 2.44.